The van der Waals surface area contributed by atoms with Crippen LogP contribution in [0.4, 0.5) is 19.7 Å². The van der Waals surface area contributed by atoms with Crippen LogP contribution in [0, 0.1) is 23.0 Å². The van der Waals surface area contributed by atoms with Crippen molar-refractivity contribution in [2.45, 2.75) is 31.3 Å². The van der Waals surface area contributed by atoms with Gasteiger partial charge in [0.05, 0.1) is 33.8 Å². The second kappa shape index (κ2) is 12.1. The summed E-state index contributed by atoms with van der Waals surface area (Å²) in [7, 11) is 2.02. The summed E-state index contributed by atoms with van der Waals surface area (Å²) in [6, 6.07) is 6.30. The van der Waals surface area contributed by atoms with Crippen LogP contribution in [-0.4, -0.2) is 82.6 Å². The molecular weight excluding hydrogens is 610 g/mol. The molecule has 2 saturated heterocycles. The van der Waals surface area contributed by atoms with Gasteiger partial charge in [0.1, 0.15) is 23.8 Å². The number of anilines is 2. The standard InChI is InChI=1S/C30H29ClF2N8O2S/c1-3-22(42)40-13-17(14-40)41(11-5-9-34)28-19-12-20(31)23(18-7-8-21(32)27-26(18)36-29(35)44-27)24(33)25(19)37-30(38-28)43-15-16-6-4-10-39(16)2/h3,7-8,12,16-17H,1,4-6,10-11,13-15H2,2H3,(H2,35,36)/t16-/m0/s1. The van der Waals surface area contributed by atoms with Gasteiger partial charge in [-0.1, -0.05) is 29.5 Å². The highest BCUT2D eigenvalue weighted by Crippen LogP contribution is 2.43. The lowest BCUT2D eigenvalue weighted by atomic mass is 10.0. The van der Waals surface area contributed by atoms with E-state index in [-0.39, 0.29) is 74.0 Å². The second-order valence-corrected chi connectivity index (χ2v) is 12.3. The summed E-state index contributed by atoms with van der Waals surface area (Å²) in [5, 5.41) is 9.92. The third-order valence-electron chi connectivity index (χ3n) is 8.23. The minimum absolute atomic E-state index is 0.00410. The molecule has 2 aromatic carbocycles. The summed E-state index contributed by atoms with van der Waals surface area (Å²) in [6.07, 6.45) is 3.40. The SMILES string of the molecule is C=CC(=O)N1CC(N(CCC#N)c2nc(OC[C@@H]3CCCN3C)nc3c(F)c(-c4ccc(F)c5sc(N)nc45)c(Cl)cc23)C1. The van der Waals surface area contributed by atoms with Gasteiger partial charge in [-0.15, -0.1) is 0 Å². The number of nitrogen functional groups attached to an aromatic ring is 1. The number of fused-ring (bicyclic) bond motifs is 2. The fourth-order valence-corrected chi connectivity index (χ4v) is 6.90. The quantitative estimate of drug-likeness (QED) is 0.252. The number of likely N-dealkylation sites (N-methyl/N-ethyl adjacent to an activating group) is 1. The van der Waals surface area contributed by atoms with Crippen LogP contribution in [0.1, 0.15) is 19.3 Å². The van der Waals surface area contributed by atoms with Crippen molar-refractivity contribution in [2.75, 3.05) is 50.5 Å². The van der Waals surface area contributed by atoms with Gasteiger partial charge in [0.15, 0.2) is 10.9 Å². The number of nitrogens with two attached hydrogens (primary N) is 1. The van der Waals surface area contributed by atoms with E-state index in [0.717, 1.165) is 30.7 Å². The Balaban J connectivity index is 1.50. The molecule has 6 rings (SSSR count). The monoisotopic (exact) mass is 638 g/mol. The van der Waals surface area contributed by atoms with Crippen molar-refractivity contribution in [1.82, 2.24) is 24.8 Å². The molecule has 4 heterocycles. The van der Waals surface area contributed by atoms with E-state index < -0.39 is 11.6 Å². The molecule has 0 saturated carbocycles. The minimum Gasteiger partial charge on any atom is -0.462 e. The number of nitrogens with zero attached hydrogens (tertiary/aromatic N) is 7. The molecule has 1 atom stereocenters. The molecule has 2 aliphatic heterocycles. The van der Waals surface area contributed by atoms with Gasteiger partial charge in [0, 0.05) is 42.2 Å². The van der Waals surface area contributed by atoms with Gasteiger partial charge in [-0.2, -0.15) is 15.2 Å². The Bertz CT molecular complexity index is 1820. The Morgan fingerprint density at radius 1 is 1.32 bits per heavy atom. The number of thiazole rings is 1. The third kappa shape index (κ3) is 5.38. The van der Waals surface area contributed by atoms with Crippen molar-refractivity contribution < 1.29 is 18.3 Å². The van der Waals surface area contributed by atoms with E-state index >= 15 is 4.39 Å². The number of hydrogen-bond donors (Lipinski definition) is 1. The van der Waals surface area contributed by atoms with E-state index in [4.69, 9.17) is 27.1 Å². The first-order chi connectivity index (χ1) is 21.2. The van der Waals surface area contributed by atoms with Gasteiger partial charge in [-0.3, -0.25) is 4.79 Å². The van der Waals surface area contributed by atoms with E-state index in [1.165, 1.54) is 18.2 Å². The first-order valence-electron chi connectivity index (χ1n) is 14.1. The van der Waals surface area contributed by atoms with E-state index in [2.05, 4.69) is 27.5 Å². The van der Waals surface area contributed by atoms with Crippen LogP contribution in [0.15, 0.2) is 30.9 Å². The summed E-state index contributed by atoms with van der Waals surface area (Å²) in [5.41, 5.74) is 6.29. The van der Waals surface area contributed by atoms with Gasteiger partial charge >= 0.3 is 6.01 Å². The molecule has 2 aromatic heterocycles. The van der Waals surface area contributed by atoms with Crippen LogP contribution in [-0.2, 0) is 4.79 Å². The highest BCUT2D eigenvalue weighted by molar-refractivity contribution is 7.22. The Kier molecular flexibility index (Phi) is 8.24. The fraction of sp³-hybridized carbons (Fsp3) is 0.367. The number of rotatable bonds is 9. The molecule has 0 bridgehead atoms. The molecule has 0 radical (unpaired) electrons. The number of carbonyl (C=O) groups is 1. The molecule has 0 aliphatic carbocycles. The lowest BCUT2D eigenvalue weighted by Crippen LogP contribution is -2.61. The highest BCUT2D eigenvalue weighted by atomic mass is 35.5. The van der Waals surface area contributed by atoms with Crippen LogP contribution < -0.4 is 15.4 Å². The fourth-order valence-electron chi connectivity index (χ4n) is 5.84. The smallest absolute Gasteiger partial charge is 0.319 e. The van der Waals surface area contributed by atoms with E-state index in [0.29, 0.717) is 30.9 Å². The van der Waals surface area contributed by atoms with Crippen LogP contribution in [0.25, 0.3) is 32.2 Å². The Labute approximate surface area is 261 Å². The van der Waals surface area contributed by atoms with E-state index in [9.17, 15) is 14.4 Å². The average molecular weight is 639 g/mol. The zero-order valence-electron chi connectivity index (χ0n) is 23.9. The van der Waals surface area contributed by atoms with Crippen LogP contribution >= 0.6 is 22.9 Å². The summed E-state index contributed by atoms with van der Waals surface area (Å²) in [5.74, 6) is -1.14. The molecule has 2 fully saturated rings. The van der Waals surface area contributed by atoms with Gasteiger partial charge in [-0.05, 0) is 50.7 Å². The Hall–Kier alpha value is -4.12. The number of hydrogen-bond acceptors (Lipinski definition) is 10. The lowest BCUT2D eigenvalue weighted by molar-refractivity contribution is -0.130. The maximum atomic E-state index is 16.7. The highest BCUT2D eigenvalue weighted by Gasteiger charge is 2.36. The van der Waals surface area contributed by atoms with Crippen molar-refractivity contribution in [3.05, 3.63) is 47.5 Å². The first-order valence-corrected chi connectivity index (χ1v) is 15.3. The molecule has 228 valence electrons. The van der Waals surface area contributed by atoms with Crippen molar-refractivity contribution in [1.29, 1.82) is 5.26 Å². The average Bonchev–Trinajstić information content (AvgIpc) is 3.59. The number of carbonyl (C=O) groups excluding carboxylic acids is 1. The zero-order valence-corrected chi connectivity index (χ0v) is 25.5. The number of aromatic nitrogens is 3. The van der Waals surface area contributed by atoms with Gasteiger partial charge in [-0.25, -0.2) is 13.8 Å². The largest absolute Gasteiger partial charge is 0.462 e. The Morgan fingerprint density at radius 2 is 2.11 bits per heavy atom. The van der Waals surface area contributed by atoms with Crippen molar-refractivity contribution in [3.63, 3.8) is 0 Å². The van der Waals surface area contributed by atoms with E-state index in [1.54, 1.807) is 11.0 Å². The van der Waals surface area contributed by atoms with Crippen molar-refractivity contribution in [2.24, 2.45) is 0 Å². The summed E-state index contributed by atoms with van der Waals surface area (Å²) in [4.78, 5) is 31.3. The van der Waals surface area contributed by atoms with E-state index in [1.807, 2.05) is 11.9 Å². The Morgan fingerprint density at radius 3 is 2.82 bits per heavy atom. The summed E-state index contributed by atoms with van der Waals surface area (Å²) >= 11 is 7.73. The minimum atomic E-state index is -0.754. The molecule has 1 amide bonds. The molecule has 44 heavy (non-hydrogen) atoms. The number of ether oxygens (including phenoxy) is 1. The third-order valence-corrected chi connectivity index (χ3v) is 9.42. The van der Waals surface area contributed by atoms with Crippen LogP contribution in [0.5, 0.6) is 6.01 Å². The summed E-state index contributed by atoms with van der Waals surface area (Å²) in [6.45, 7) is 5.83. The van der Waals surface area contributed by atoms with Gasteiger partial charge < -0.3 is 25.2 Å². The zero-order chi connectivity index (χ0) is 31.1. The van der Waals surface area contributed by atoms with Gasteiger partial charge in [0.25, 0.3) is 0 Å². The lowest BCUT2D eigenvalue weighted by Gasteiger charge is -2.45. The van der Waals surface area contributed by atoms with Crippen LogP contribution in [0.2, 0.25) is 5.02 Å². The number of halogens is 3. The maximum absolute atomic E-state index is 16.7. The van der Waals surface area contributed by atoms with Crippen LogP contribution in [0.3, 0.4) is 0 Å². The molecule has 2 aliphatic rings. The molecule has 0 spiro atoms. The number of amides is 1. The predicted octanol–water partition coefficient (Wildman–Crippen LogP) is 5.01. The van der Waals surface area contributed by atoms with Gasteiger partial charge in [0.2, 0.25) is 5.91 Å². The maximum Gasteiger partial charge on any atom is 0.319 e. The molecular formula is C30H29ClF2N8O2S. The predicted molar refractivity (Wildman–Crippen MR) is 167 cm³/mol. The molecule has 0 unspecified atom stereocenters. The second-order valence-electron chi connectivity index (χ2n) is 10.9. The normalized spacial score (nSPS) is 17.2. The number of benzene rings is 2. The van der Waals surface area contributed by atoms with Crippen molar-refractivity contribution in [3.8, 4) is 23.2 Å². The molecule has 10 nitrogen and oxygen atoms in total. The number of likely N-dealkylation sites (tertiary alicyclic amines) is 2. The topological polar surface area (TPSA) is 124 Å². The molecule has 14 heteroatoms. The molecule has 2 N–H and O–H groups in total. The summed E-state index contributed by atoms with van der Waals surface area (Å²) < 4.78 is 37.6. The number of nitriles is 1. The molecule has 4 aromatic rings. The first kappa shape index (κ1) is 29.9. The van der Waals surface area contributed by atoms with Crippen molar-refractivity contribution >= 4 is 60.9 Å².